The smallest absolute Gasteiger partial charge is 0.253 e. The Labute approximate surface area is 117 Å². The van der Waals surface area contributed by atoms with E-state index in [-0.39, 0.29) is 11.7 Å². The fourth-order valence-electron chi connectivity index (χ4n) is 2.13. The van der Waals surface area contributed by atoms with Crippen LogP contribution < -0.4 is 10.1 Å². The summed E-state index contributed by atoms with van der Waals surface area (Å²) in [6, 6.07) is 4.68. The molecule has 110 valence electrons. The van der Waals surface area contributed by atoms with Gasteiger partial charge in [-0.3, -0.25) is 4.79 Å². The second kappa shape index (κ2) is 6.67. The zero-order valence-corrected chi connectivity index (χ0v) is 11.7. The first kappa shape index (κ1) is 14.7. The van der Waals surface area contributed by atoms with Crippen molar-refractivity contribution >= 4 is 5.91 Å². The molecule has 1 amide bonds. The van der Waals surface area contributed by atoms with Crippen LogP contribution in [0, 0.1) is 5.82 Å². The van der Waals surface area contributed by atoms with Gasteiger partial charge in [0.25, 0.3) is 5.91 Å². The van der Waals surface area contributed by atoms with Crippen LogP contribution in [0.25, 0.3) is 0 Å². The number of carbonyl (C=O) groups is 1. The van der Waals surface area contributed by atoms with E-state index in [9.17, 15) is 9.18 Å². The van der Waals surface area contributed by atoms with Gasteiger partial charge in [-0.05, 0) is 17.7 Å². The van der Waals surface area contributed by atoms with E-state index in [1.54, 1.807) is 24.1 Å². The molecule has 1 N–H and O–H groups in total. The van der Waals surface area contributed by atoms with Gasteiger partial charge in [0.05, 0.1) is 13.7 Å². The molecule has 1 aliphatic heterocycles. The van der Waals surface area contributed by atoms with Gasteiger partial charge in [-0.15, -0.1) is 0 Å². The van der Waals surface area contributed by atoms with E-state index in [0.717, 1.165) is 6.54 Å². The number of halogens is 1. The molecule has 0 saturated carbocycles. The largest absolute Gasteiger partial charge is 0.494 e. The lowest BCUT2D eigenvalue weighted by Crippen LogP contribution is -2.48. The molecule has 1 fully saturated rings. The van der Waals surface area contributed by atoms with Crippen LogP contribution in [-0.4, -0.2) is 50.8 Å². The molecule has 1 unspecified atom stereocenters. The number of hydrogen-bond acceptors (Lipinski definition) is 4. The van der Waals surface area contributed by atoms with Crippen molar-refractivity contribution in [2.24, 2.45) is 0 Å². The number of nitrogens with one attached hydrogen (secondary N) is 1. The van der Waals surface area contributed by atoms with Crippen LogP contribution in [-0.2, 0) is 16.1 Å². The highest BCUT2D eigenvalue weighted by Crippen LogP contribution is 2.18. The van der Waals surface area contributed by atoms with Crippen LogP contribution in [0.15, 0.2) is 18.2 Å². The van der Waals surface area contributed by atoms with Gasteiger partial charge in [0.15, 0.2) is 11.6 Å². The summed E-state index contributed by atoms with van der Waals surface area (Å²) in [5, 5.41) is 3.11. The topological polar surface area (TPSA) is 50.8 Å². The fourth-order valence-corrected chi connectivity index (χ4v) is 2.13. The molecule has 1 saturated heterocycles. The van der Waals surface area contributed by atoms with Crippen molar-refractivity contribution in [3.05, 3.63) is 29.6 Å². The Bertz CT molecular complexity index is 475. The molecule has 0 radical (unpaired) electrons. The summed E-state index contributed by atoms with van der Waals surface area (Å²) < 4.78 is 23.9. The first-order valence-electron chi connectivity index (χ1n) is 6.51. The molecule has 1 aromatic rings. The van der Waals surface area contributed by atoms with Crippen LogP contribution >= 0.6 is 0 Å². The number of hydrogen-bond donors (Lipinski definition) is 1. The van der Waals surface area contributed by atoms with Crippen LogP contribution in [0.2, 0.25) is 0 Å². The summed E-state index contributed by atoms with van der Waals surface area (Å²) in [6.07, 6.45) is -0.461. The van der Waals surface area contributed by atoms with Gasteiger partial charge >= 0.3 is 0 Å². The molecule has 1 heterocycles. The maximum absolute atomic E-state index is 13.6. The first-order chi connectivity index (χ1) is 9.61. The van der Waals surface area contributed by atoms with Crippen LogP contribution in [0.5, 0.6) is 5.75 Å². The van der Waals surface area contributed by atoms with Gasteiger partial charge in [0, 0.05) is 26.7 Å². The van der Waals surface area contributed by atoms with Gasteiger partial charge in [0.2, 0.25) is 0 Å². The number of carbonyl (C=O) groups excluding carboxylic acids is 1. The summed E-state index contributed by atoms with van der Waals surface area (Å²) in [7, 11) is 3.10. The molecular weight excluding hydrogens is 263 g/mol. The number of nitrogens with zero attached hydrogens (tertiary/aromatic N) is 1. The van der Waals surface area contributed by atoms with Crippen molar-refractivity contribution in [3.63, 3.8) is 0 Å². The SMILES string of the molecule is COc1ccc(CN(C)C(=O)C2CNCCO2)cc1F. The van der Waals surface area contributed by atoms with E-state index in [2.05, 4.69) is 5.32 Å². The Morgan fingerprint density at radius 1 is 1.60 bits per heavy atom. The average Bonchev–Trinajstić information content (AvgIpc) is 2.47. The molecule has 0 spiro atoms. The summed E-state index contributed by atoms with van der Waals surface area (Å²) >= 11 is 0. The molecule has 0 aromatic heterocycles. The lowest BCUT2D eigenvalue weighted by molar-refractivity contribution is -0.144. The summed E-state index contributed by atoms with van der Waals surface area (Å²) in [5.41, 5.74) is 0.711. The third kappa shape index (κ3) is 3.46. The molecule has 0 aliphatic carbocycles. The molecule has 6 heteroatoms. The number of likely N-dealkylation sites (N-methyl/N-ethyl adjacent to an activating group) is 1. The zero-order valence-electron chi connectivity index (χ0n) is 11.7. The number of methoxy groups -OCH3 is 1. The molecule has 20 heavy (non-hydrogen) atoms. The molecule has 1 aliphatic rings. The molecule has 1 atom stereocenters. The number of rotatable bonds is 4. The molecular formula is C14H19FN2O3. The Kier molecular flexibility index (Phi) is 4.92. The lowest BCUT2D eigenvalue weighted by Gasteiger charge is -2.27. The van der Waals surface area contributed by atoms with Crippen molar-refractivity contribution in [3.8, 4) is 5.75 Å². The maximum atomic E-state index is 13.6. The van der Waals surface area contributed by atoms with E-state index >= 15 is 0 Å². The third-order valence-electron chi connectivity index (χ3n) is 3.22. The normalized spacial score (nSPS) is 18.6. The van der Waals surface area contributed by atoms with Crippen molar-refractivity contribution in [2.75, 3.05) is 33.9 Å². The summed E-state index contributed by atoms with van der Waals surface area (Å²) in [6.45, 7) is 2.14. The quantitative estimate of drug-likeness (QED) is 0.887. The van der Waals surface area contributed by atoms with Gasteiger partial charge in [-0.25, -0.2) is 4.39 Å². The number of amides is 1. The predicted octanol–water partition coefficient (Wildman–Crippen LogP) is 0.781. The lowest BCUT2D eigenvalue weighted by atomic mass is 10.2. The average molecular weight is 282 g/mol. The van der Waals surface area contributed by atoms with Crippen LogP contribution in [0.1, 0.15) is 5.56 Å². The van der Waals surface area contributed by atoms with Gasteiger partial charge in [-0.2, -0.15) is 0 Å². The van der Waals surface area contributed by atoms with Gasteiger partial charge in [-0.1, -0.05) is 6.07 Å². The standard InChI is InChI=1S/C14H19FN2O3/c1-17(14(18)13-8-16-5-6-20-13)9-10-3-4-12(19-2)11(15)7-10/h3-4,7,13,16H,5-6,8-9H2,1-2H3. The van der Waals surface area contributed by atoms with Crippen molar-refractivity contribution in [2.45, 2.75) is 12.6 Å². The van der Waals surface area contributed by atoms with E-state index in [1.807, 2.05) is 0 Å². The second-order valence-electron chi connectivity index (χ2n) is 4.73. The highest BCUT2D eigenvalue weighted by atomic mass is 19.1. The Morgan fingerprint density at radius 3 is 3.00 bits per heavy atom. The highest BCUT2D eigenvalue weighted by Gasteiger charge is 2.24. The Balaban J connectivity index is 1.98. The van der Waals surface area contributed by atoms with Crippen LogP contribution in [0.3, 0.4) is 0 Å². The summed E-state index contributed by atoms with van der Waals surface area (Å²) in [4.78, 5) is 13.7. The minimum absolute atomic E-state index is 0.103. The minimum Gasteiger partial charge on any atom is -0.494 e. The fraction of sp³-hybridized carbons (Fsp3) is 0.500. The predicted molar refractivity (Wildman–Crippen MR) is 72.0 cm³/mol. The van der Waals surface area contributed by atoms with E-state index < -0.39 is 11.9 Å². The molecule has 0 bridgehead atoms. The Morgan fingerprint density at radius 2 is 2.40 bits per heavy atom. The zero-order chi connectivity index (χ0) is 14.5. The van der Waals surface area contributed by atoms with E-state index in [1.165, 1.54) is 13.2 Å². The minimum atomic E-state index is -0.461. The number of morpholine rings is 1. The van der Waals surface area contributed by atoms with Crippen LogP contribution in [0.4, 0.5) is 4.39 Å². The number of ether oxygens (including phenoxy) is 2. The molecule has 2 rings (SSSR count). The monoisotopic (exact) mass is 282 g/mol. The highest BCUT2D eigenvalue weighted by molar-refractivity contribution is 5.81. The second-order valence-corrected chi connectivity index (χ2v) is 4.73. The first-order valence-corrected chi connectivity index (χ1v) is 6.51. The molecule has 5 nitrogen and oxygen atoms in total. The maximum Gasteiger partial charge on any atom is 0.253 e. The van der Waals surface area contributed by atoms with Crippen molar-refractivity contribution < 1.29 is 18.7 Å². The molecule has 1 aromatic carbocycles. The van der Waals surface area contributed by atoms with Crippen molar-refractivity contribution in [1.29, 1.82) is 0 Å². The number of benzene rings is 1. The Hall–Kier alpha value is -1.66. The van der Waals surface area contributed by atoms with Gasteiger partial charge < -0.3 is 19.7 Å². The summed E-state index contributed by atoms with van der Waals surface area (Å²) in [5.74, 6) is -0.336. The van der Waals surface area contributed by atoms with E-state index in [0.29, 0.717) is 25.3 Å². The van der Waals surface area contributed by atoms with Crippen molar-refractivity contribution in [1.82, 2.24) is 10.2 Å². The van der Waals surface area contributed by atoms with E-state index in [4.69, 9.17) is 9.47 Å². The van der Waals surface area contributed by atoms with Gasteiger partial charge in [0.1, 0.15) is 6.10 Å². The third-order valence-corrected chi connectivity index (χ3v) is 3.22.